The summed E-state index contributed by atoms with van der Waals surface area (Å²) in [6.45, 7) is 4.49. The van der Waals surface area contributed by atoms with E-state index in [2.05, 4.69) is 10.3 Å². The van der Waals surface area contributed by atoms with Crippen molar-refractivity contribution in [1.82, 2.24) is 10.3 Å². The average molecular weight is 344 g/mol. The molecule has 0 spiro atoms. The Bertz CT molecular complexity index is 607. The molecule has 0 aliphatic rings. The highest BCUT2D eigenvalue weighted by Gasteiger charge is 2.27. The summed E-state index contributed by atoms with van der Waals surface area (Å²) in [5, 5.41) is 4.06. The summed E-state index contributed by atoms with van der Waals surface area (Å²) in [6, 6.07) is 11.4. The van der Waals surface area contributed by atoms with Gasteiger partial charge in [-0.1, -0.05) is 38.1 Å². The van der Waals surface area contributed by atoms with Gasteiger partial charge < -0.3 is 11.1 Å². The van der Waals surface area contributed by atoms with Crippen LogP contribution in [-0.2, 0) is 0 Å². The third-order valence-electron chi connectivity index (χ3n) is 3.95. The van der Waals surface area contributed by atoms with Crippen molar-refractivity contribution in [2.75, 3.05) is 6.54 Å². The van der Waals surface area contributed by atoms with Crippen LogP contribution in [0.1, 0.15) is 37.2 Å². The number of carbonyl (C=O) groups excluding carboxylic acids is 1. The molecule has 3 N–H and O–H groups in total. The van der Waals surface area contributed by atoms with Gasteiger partial charge in [0.05, 0.1) is 11.1 Å². The number of aromatic nitrogens is 1. The molecule has 1 aromatic heterocycles. The van der Waals surface area contributed by atoms with E-state index >= 15 is 0 Å². The van der Waals surface area contributed by atoms with E-state index in [1.54, 1.807) is 6.07 Å². The Labute approximate surface area is 143 Å². The molecule has 6 heteroatoms. The van der Waals surface area contributed by atoms with Gasteiger partial charge in [0.15, 0.2) is 0 Å². The highest BCUT2D eigenvalue weighted by atomic mass is 35.5. The highest BCUT2D eigenvalue weighted by molar-refractivity contribution is 5.95. The molecule has 0 bridgehead atoms. The number of nitrogens with two attached hydrogens (primary N) is 1. The van der Waals surface area contributed by atoms with Gasteiger partial charge in [-0.25, -0.2) is 4.98 Å². The largest absolute Gasteiger partial charge is 0.344 e. The summed E-state index contributed by atoms with van der Waals surface area (Å²) in [5.74, 6) is -0.162. The van der Waals surface area contributed by atoms with Gasteiger partial charge in [0.25, 0.3) is 5.91 Å². The number of amides is 1. The molecule has 1 aromatic carbocycles. The average Bonchev–Trinajstić information content (AvgIpc) is 2.52. The van der Waals surface area contributed by atoms with Gasteiger partial charge in [-0.05, 0) is 25.0 Å². The number of nitrogens with zero attached hydrogens (tertiary/aromatic N) is 1. The maximum absolute atomic E-state index is 12.4. The Morgan fingerprint density at radius 2 is 1.77 bits per heavy atom. The molecule has 0 saturated heterocycles. The number of carbonyl (C=O) groups is 1. The van der Waals surface area contributed by atoms with E-state index in [1.165, 1.54) is 0 Å². The summed E-state index contributed by atoms with van der Waals surface area (Å²) in [5.41, 5.74) is 6.73. The Hall–Kier alpha value is -1.36. The zero-order valence-corrected chi connectivity index (χ0v) is 14.5. The van der Waals surface area contributed by atoms with Gasteiger partial charge in [-0.3, -0.25) is 4.79 Å². The molecule has 1 heterocycles. The predicted octanol–water partition coefficient (Wildman–Crippen LogP) is 3.33. The molecule has 0 aliphatic carbocycles. The van der Waals surface area contributed by atoms with E-state index in [9.17, 15) is 4.79 Å². The van der Waals surface area contributed by atoms with Crippen molar-refractivity contribution < 1.29 is 4.79 Å². The Balaban J connectivity index is 0.00000220. The molecular weight excluding hydrogens is 321 g/mol. The zero-order chi connectivity index (χ0) is 14.6. The van der Waals surface area contributed by atoms with Crippen LogP contribution < -0.4 is 11.1 Å². The summed E-state index contributed by atoms with van der Waals surface area (Å²) in [6.07, 6.45) is 1.61. The summed E-state index contributed by atoms with van der Waals surface area (Å²) >= 11 is 0. The molecule has 0 saturated carbocycles. The molecule has 0 fully saturated rings. The number of fused-ring (bicyclic) bond motifs is 1. The minimum Gasteiger partial charge on any atom is -0.344 e. The van der Waals surface area contributed by atoms with E-state index in [4.69, 9.17) is 5.73 Å². The topological polar surface area (TPSA) is 68.0 Å². The molecule has 1 amide bonds. The fourth-order valence-electron chi connectivity index (χ4n) is 2.26. The van der Waals surface area contributed by atoms with E-state index in [0.717, 1.165) is 23.7 Å². The second-order valence-electron chi connectivity index (χ2n) is 5.03. The van der Waals surface area contributed by atoms with E-state index in [0.29, 0.717) is 12.2 Å². The molecule has 0 atom stereocenters. The van der Waals surface area contributed by atoms with Crippen molar-refractivity contribution in [3.63, 3.8) is 0 Å². The van der Waals surface area contributed by atoms with E-state index in [1.807, 2.05) is 44.2 Å². The smallest absolute Gasteiger partial charge is 0.270 e. The number of pyridine rings is 1. The van der Waals surface area contributed by atoms with Crippen molar-refractivity contribution in [2.24, 2.45) is 5.73 Å². The molecule has 4 nitrogen and oxygen atoms in total. The normalized spacial score (nSPS) is 10.5. The van der Waals surface area contributed by atoms with Crippen LogP contribution in [0.2, 0.25) is 0 Å². The van der Waals surface area contributed by atoms with Gasteiger partial charge in [-0.2, -0.15) is 0 Å². The van der Waals surface area contributed by atoms with Crippen LogP contribution in [-0.4, -0.2) is 23.0 Å². The second kappa shape index (κ2) is 8.93. The number of hydrogen-bond acceptors (Lipinski definition) is 3. The zero-order valence-electron chi connectivity index (χ0n) is 12.8. The first-order chi connectivity index (χ1) is 9.64. The Morgan fingerprint density at radius 3 is 2.36 bits per heavy atom. The van der Waals surface area contributed by atoms with Crippen molar-refractivity contribution >= 4 is 41.6 Å². The molecule has 22 heavy (non-hydrogen) atoms. The number of rotatable bonds is 5. The minimum absolute atomic E-state index is 0. The maximum atomic E-state index is 12.4. The van der Waals surface area contributed by atoms with Gasteiger partial charge in [0.2, 0.25) is 0 Å². The van der Waals surface area contributed by atoms with Gasteiger partial charge in [-0.15, -0.1) is 24.8 Å². The number of halogens is 2. The van der Waals surface area contributed by atoms with Crippen LogP contribution in [0.15, 0.2) is 36.4 Å². The molecule has 0 unspecified atom stereocenters. The third kappa shape index (κ3) is 4.32. The number of benzene rings is 1. The number of para-hydroxylation sites is 1. The lowest BCUT2D eigenvalue weighted by atomic mass is 9.93. The predicted molar refractivity (Wildman–Crippen MR) is 96.1 cm³/mol. The van der Waals surface area contributed by atoms with Gasteiger partial charge >= 0.3 is 0 Å². The van der Waals surface area contributed by atoms with Crippen LogP contribution in [0, 0.1) is 0 Å². The SMILES string of the molecule is CCC(CC)(CN)NC(=O)c1ccc2ccccc2n1.Cl.Cl. The Kier molecular flexibility index (Phi) is 8.38. The fraction of sp³-hybridized carbons (Fsp3) is 0.375. The lowest BCUT2D eigenvalue weighted by Gasteiger charge is -2.31. The molecular formula is C16H23Cl2N3O. The first kappa shape index (κ1) is 20.6. The molecule has 2 aromatic rings. The minimum atomic E-state index is -0.343. The molecule has 0 radical (unpaired) electrons. The van der Waals surface area contributed by atoms with Crippen molar-refractivity contribution in [3.05, 3.63) is 42.1 Å². The fourth-order valence-corrected chi connectivity index (χ4v) is 2.26. The first-order valence-corrected chi connectivity index (χ1v) is 7.02. The lowest BCUT2D eigenvalue weighted by molar-refractivity contribution is 0.0890. The number of nitrogens with one attached hydrogen (secondary N) is 1. The van der Waals surface area contributed by atoms with Crippen molar-refractivity contribution in [1.29, 1.82) is 0 Å². The van der Waals surface area contributed by atoms with Crippen molar-refractivity contribution in [2.45, 2.75) is 32.2 Å². The second-order valence-corrected chi connectivity index (χ2v) is 5.03. The first-order valence-electron chi connectivity index (χ1n) is 7.02. The van der Waals surface area contributed by atoms with Crippen LogP contribution >= 0.6 is 24.8 Å². The van der Waals surface area contributed by atoms with E-state index < -0.39 is 0 Å². The van der Waals surface area contributed by atoms with E-state index in [-0.39, 0.29) is 36.3 Å². The highest BCUT2D eigenvalue weighted by Crippen LogP contribution is 2.16. The lowest BCUT2D eigenvalue weighted by Crippen LogP contribution is -2.53. The van der Waals surface area contributed by atoms with Crippen LogP contribution in [0.4, 0.5) is 0 Å². The van der Waals surface area contributed by atoms with Crippen LogP contribution in [0.3, 0.4) is 0 Å². The van der Waals surface area contributed by atoms with Crippen LogP contribution in [0.5, 0.6) is 0 Å². The van der Waals surface area contributed by atoms with Gasteiger partial charge in [0, 0.05) is 11.9 Å². The molecule has 0 aliphatic heterocycles. The molecule has 2 rings (SSSR count). The summed E-state index contributed by atoms with van der Waals surface area (Å²) in [4.78, 5) is 16.8. The summed E-state index contributed by atoms with van der Waals surface area (Å²) < 4.78 is 0. The van der Waals surface area contributed by atoms with Gasteiger partial charge in [0.1, 0.15) is 5.69 Å². The molecule has 122 valence electrons. The third-order valence-corrected chi connectivity index (χ3v) is 3.95. The maximum Gasteiger partial charge on any atom is 0.270 e. The summed E-state index contributed by atoms with van der Waals surface area (Å²) in [7, 11) is 0. The standard InChI is InChI=1S/C16H21N3O.2ClH/c1-3-16(4-2,11-17)19-15(20)14-10-9-12-7-5-6-8-13(12)18-14;;/h5-10H,3-4,11,17H2,1-2H3,(H,19,20);2*1H. The van der Waals surface area contributed by atoms with Crippen molar-refractivity contribution in [3.8, 4) is 0 Å². The Morgan fingerprint density at radius 1 is 1.14 bits per heavy atom. The number of hydrogen-bond donors (Lipinski definition) is 2. The monoisotopic (exact) mass is 343 g/mol. The van der Waals surface area contributed by atoms with Crippen LogP contribution in [0.25, 0.3) is 10.9 Å². The quantitative estimate of drug-likeness (QED) is 0.874.